The van der Waals surface area contributed by atoms with Gasteiger partial charge in [0.25, 0.3) is 0 Å². The number of carbonyl (C=O) groups excluding carboxylic acids is 16. The number of guanidine groups is 1. The van der Waals surface area contributed by atoms with Crippen molar-refractivity contribution in [3.8, 4) is 23.0 Å². The van der Waals surface area contributed by atoms with Gasteiger partial charge in [0.2, 0.25) is 94.5 Å². The topological polar surface area (TPSA) is 804 Å². The largest absolute Gasteiger partial charge is 0.508 e. The van der Waals surface area contributed by atoms with E-state index in [-0.39, 0.29) is 126 Å². The molecule has 0 unspecified atom stereocenters. The van der Waals surface area contributed by atoms with Crippen LogP contribution in [0, 0.1) is 5.41 Å². The fraction of sp³-hybridized carbons (Fsp3) is 0.489. The molecule has 754 valence electrons. The molecule has 2 heterocycles. The summed E-state index contributed by atoms with van der Waals surface area (Å²) in [6.45, 7) is 1.30. The van der Waals surface area contributed by atoms with Crippen LogP contribution in [0.25, 0.3) is 0 Å². The van der Waals surface area contributed by atoms with Gasteiger partial charge in [0.05, 0.1) is 19.0 Å². The Kier molecular flexibility index (Phi) is 47.3. The monoisotopic (exact) mass is 1970 g/mol. The molecule has 1 aliphatic heterocycles. The number of unbranched alkanes of at least 4 members (excludes halogenated alkanes) is 1. The van der Waals surface area contributed by atoms with E-state index >= 15 is 4.79 Å². The highest BCUT2D eigenvalue weighted by molar-refractivity contribution is 7.80. The lowest BCUT2D eigenvalue weighted by molar-refractivity contribution is -0.149. The van der Waals surface area contributed by atoms with Crippen LogP contribution in [0.1, 0.15) is 119 Å². The number of hydrogen-bond acceptors (Lipinski definition) is 30. The molecule has 6 rings (SSSR count). The summed E-state index contributed by atoms with van der Waals surface area (Å²) in [6.07, 6.45) is 1.01. The highest BCUT2D eigenvalue weighted by atomic mass is 32.1. The summed E-state index contributed by atoms with van der Waals surface area (Å²) in [7, 11) is 0. The highest BCUT2D eigenvalue weighted by Crippen LogP contribution is 2.22. The third-order valence-electron chi connectivity index (χ3n) is 22.0. The Bertz CT molecular complexity index is 4940. The Hall–Kier alpha value is -14.0. The third kappa shape index (κ3) is 38.0. The number of carbonyl (C=O) groups is 17. The van der Waals surface area contributed by atoms with Crippen LogP contribution >= 0.6 is 25.3 Å². The maximum absolute atomic E-state index is 15.0. The molecule has 50 heteroatoms. The molecular formula is C88H127N25O23S2. The lowest BCUT2D eigenvalue weighted by Crippen LogP contribution is -2.61. The number of hydrogen-bond donors (Lipinski definition) is 31. The van der Waals surface area contributed by atoms with Crippen LogP contribution in [0.3, 0.4) is 0 Å². The van der Waals surface area contributed by atoms with Gasteiger partial charge in [-0.15, -0.1) is 0 Å². The van der Waals surface area contributed by atoms with Gasteiger partial charge in [-0.25, -0.2) is 9.78 Å². The van der Waals surface area contributed by atoms with Gasteiger partial charge < -0.3 is 155 Å². The normalized spacial score (nSPS) is 15.5. The molecule has 1 fully saturated rings. The molecule has 0 aliphatic carbocycles. The number of aliphatic hydroxyl groups excluding tert-OH is 1. The summed E-state index contributed by atoms with van der Waals surface area (Å²) >= 11 is 8.57. The maximum atomic E-state index is 15.0. The zero-order valence-electron chi connectivity index (χ0n) is 76.2. The number of aromatic hydroxyl groups is 4. The van der Waals surface area contributed by atoms with Crippen LogP contribution in [0.4, 0.5) is 0 Å². The van der Waals surface area contributed by atoms with Crippen LogP contribution in [0.5, 0.6) is 23.0 Å². The molecule has 0 bridgehead atoms. The number of likely N-dealkylation sites (tertiary alicyclic amines) is 1. The van der Waals surface area contributed by atoms with E-state index in [1.54, 1.807) is 12.1 Å². The first-order chi connectivity index (χ1) is 65.7. The van der Waals surface area contributed by atoms with E-state index in [2.05, 4.69) is 115 Å². The number of aliphatic hydroxyl groups is 1. The number of benzene rings is 4. The molecule has 16 atom stereocenters. The second-order valence-corrected chi connectivity index (χ2v) is 33.7. The van der Waals surface area contributed by atoms with Crippen molar-refractivity contribution in [3.63, 3.8) is 0 Å². The van der Waals surface area contributed by atoms with Crippen molar-refractivity contribution in [1.29, 1.82) is 5.41 Å². The summed E-state index contributed by atoms with van der Waals surface area (Å²) < 4.78 is 0. The highest BCUT2D eigenvalue weighted by Gasteiger charge is 2.41. The smallest absolute Gasteiger partial charge is 0.326 e. The molecule has 0 radical (unpaired) electrons. The van der Waals surface area contributed by atoms with Gasteiger partial charge in [0.15, 0.2) is 5.96 Å². The molecule has 35 N–H and O–H groups in total. The number of nitrogens with one attached hydrogen (secondary N) is 17. The van der Waals surface area contributed by atoms with Crippen LogP contribution in [0.2, 0.25) is 0 Å². The van der Waals surface area contributed by atoms with Crippen LogP contribution in [-0.4, -0.2) is 299 Å². The maximum Gasteiger partial charge on any atom is 0.326 e. The lowest BCUT2D eigenvalue weighted by Gasteiger charge is -2.29. The van der Waals surface area contributed by atoms with E-state index in [1.165, 1.54) is 111 Å². The number of rotatable bonds is 59. The summed E-state index contributed by atoms with van der Waals surface area (Å²) in [5.41, 5.74) is 36.9. The zero-order chi connectivity index (χ0) is 102. The molecule has 16 amide bonds. The minimum absolute atomic E-state index is 0.0101. The number of primary amides is 1. The van der Waals surface area contributed by atoms with E-state index in [1.807, 2.05) is 0 Å². The summed E-state index contributed by atoms with van der Waals surface area (Å²) in [5, 5.41) is 106. The van der Waals surface area contributed by atoms with Gasteiger partial charge in [-0.05, 0) is 181 Å². The molecule has 1 aliphatic rings. The Balaban J connectivity index is 1.18. The lowest BCUT2D eigenvalue weighted by atomic mass is 10.0. The van der Waals surface area contributed by atoms with Gasteiger partial charge in [0, 0.05) is 68.6 Å². The van der Waals surface area contributed by atoms with Crippen LogP contribution in [0.15, 0.2) is 110 Å². The SMILES string of the molecule is C[C@H](NC(=O)[C@H](CO)NC(=O)[C@H](CS)NC(=O)[C@H](C)NC(=O)[C@H](Cc1cnc[nH]1)NC(=O)[C@@H](N)Cc1ccc(O)cc1)C(=O)N[C@@H](Cc1ccc(O)cc1)C(=O)N[C@@H](CCN)C(=O)N[C@@H](CCCNC(=N)N)C(=O)N[C@@H](Cc1ccc(O)cc1)C(=O)N[C@@H](CS)C(=O)N[C@@H](Cc1ccc(O)cc1)C(=O)N[C@@H](CCC(N)=O)C(=O)N[C@@H](CCCCN)C(=O)N[C@@H](CCCN)C(=O)N1CCC[C@H]1C(=O)O. The van der Waals surface area contributed by atoms with E-state index in [9.17, 15) is 107 Å². The molecule has 48 nitrogen and oxygen atoms in total. The number of aliphatic carboxylic acids is 1. The van der Waals surface area contributed by atoms with Crippen LogP contribution < -0.4 is 114 Å². The summed E-state index contributed by atoms with van der Waals surface area (Å²) in [4.78, 5) is 247. The Labute approximate surface area is 805 Å². The van der Waals surface area contributed by atoms with Gasteiger partial charge in [-0.1, -0.05) is 48.5 Å². The van der Waals surface area contributed by atoms with E-state index in [4.69, 9.17) is 39.8 Å². The van der Waals surface area contributed by atoms with Crippen LogP contribution in [-0.2, 0) is 114 Å². The van der Waals surface area contributed by atoms with Gasteiger partial charge >= 0.3 is 5.97 Å². The minimum atomic E-state index is -1.83. The quantitative estimate of drug-likeness (QED) is 0.00744. The van der Waals surface area contributed by atoms with E-state index in [0.29, 0.717) is 40.8 Å². The number of thiol groups is 2. The third-order valence-corrected chi connectivity index (χ3v) is 22.8. The number of carboxylic acid groups (broad SMARTS) is 1. The van der Waals surface area contributed by atoms with E-state index < -0.39 is 247 Å². The molecule has 1 saturated heterocycles. The minimum Gasteiger partial charge on any atom is -0.508 e. The van der Waals surface area contributed by atoms with Crippen molar-refractivity contribution in [2.75, 3.05) is 50.8 Å². The Morgan fingerprint density at radius 3 is 1.16 bits per heavy atom. The number of aromatic amines is 1. The molecular weight excluding hydrogens is 1840 g/mol. The van der Waals surface area contributed by atoms with Crippen molar-refractivity contribution in [1.82, 2.24) is 94.6 Å². The average molecular weight is 1970 g/mol. The second-order valence-electron chi connectivity index (χ2n) is 32.9. The van der Waals surface area contributed by atoms with Crippen molar-refractivity contribution >= 4 is 132 Å². The molecule has 1 aromatic heterocycles. The standard InChI is InChI=1S/C88H127N25O23S2/c1-46(100-83(131)67(42-114)110-85(133)68(43-137)111-73(121)47(2)99-79(127)66(40-52-41-96-45-98-52)107-74(122)57(92)36-48-12-20-53(115)21-13-48)72(120)106-63(37-49-14-22-54(116)23-15-49)80(128)104-61(30-33-91)78(126)102-59(10-6-34-97-88(94)95)76(124)108-65(39-51-18-26-56(118)27-19-51)82(130)112-69(44-138)84(132)109-64(38-50-16-24-55(117)25-17-50)81(129)103-60(28-29-71(93)119)77(125)101-58(8-3-4-31-89)75(123)105-62(9-5-32-90)86(134)113-35-7-11-70(113)87(135)136/h12-27,41,45-47,57-70,114-118,137-138H,3-11,28-40,42-44,89-92H2,1-2H3,(H2,93,119)(H,96,98)(H,99,127)(H,100,131)(H,101,125)(H,102,126)(H,103,129)(H,104,128)(H,105,123)(H,106,120)(H,107,122)(H,108,124)(H,109,132)(H,110,133)(H,111,121)(H,112,130)(H,135,136)(H4,94,95,97)/t46-,47-,57-,58-,59-,60-,61-,62-,63-,64-,65-,66-,67-,68-,69-,70-/m0/s1. The van der Waals surface area contributed by atoms with Crippen molar-refractivity contribution in [2.45, 2.75) is 220 Å². The fourth-order valence-electron chi connectivity index (χ4n) is 14.3. The summed E-state index contributed by atoms with van der Waals surface area (Å²) in [6, 6.07) is -2.56. The van der Waals surface area contributed by atoms with E-state index in [0.717, 1.165) is 4.90 Å². The number of nitrogens with zero attached hydrogens (tertiary/aromatic N) is 2. The first-order valence-corrected chi connectivity index (χ1v) is 45.9. The zero-order valence-corrected chi connectivity index (χ0v) is 78.0. The van der Waals surface area contributed by atoms with Crippen molar-refractivity contribution < 1.29 is 112 Å². The molecule has 138 heavy (non-hydrogen) atoms. The Morgan fingerprint density at radius 1 is 0.420 bits per heavy atom. The first-order valence-electron chi connectivity index (χ1n) is 44.6. The number of H-pyrrole nitrogens is 1. The molecule has 0 saturated carbocycles. The summed E-state index contributed by atoms with van der Waals surface area (Å²) in [5.74, 6) is -19.1. The van der Waals surface area contributed by atoms with Gasteiger partial charge in [-0.3, -0.25) is 82.1 Å². The number of carboxylic acids is 1. The van der Waals surface area contributed by atoms with Gasteiger partial charge in [0.1, 0.15) is 114 Å². The van der Waals surface area contributed by atoms with Crippen molar-refractivity contribution in [3.05, 3.63) is 138 Å². The molecule has 4 aromatic carbocycles. The number of phenolic OH excluding ortho intramolecular Hbond substituents is 4. The molecule has 0 spiro atoms. The predicted molar refractivity (Wildman–Crippen MR) is 505 cm³/mol. The Morgan fingerprint density at radius 2 is 0.761 bits per heavy atom. The van der Waals surface area contributed by atoms with Gasteiger partial charge in [-0.2, -0.15) is 25.3 Å². The fourth-order valence-corrected chi connectivity index (χ4v) is 14.8. The van der Waals surface area contributed by atoms with Crippen molar-refractivity contribution in [2.24, 2.45) is 34.4 Å². The first kappa shape index (κ1) is 113. The second kappa shape index (κ2) is 57.8. The number of phenols is 4. The predicted octanol–water partition coefficient (Wildman–Crippen LogP) is -7.43. The average Bonchev–Trinajstić information content (AvgIpc) is 1.78. The number of amides is 16. The molecule has 5 aromatic rings. The number of aromatic nitrogens is 2. The number of imidazole rings is 1. The number of nitrogens with two attached hydrogens (primary N) is 6.